The van der Waals surface area contributed by atoms with E-state index in [0.29, 0.717) is 30.8 Å². The van der Waals surface area contributed by atoms with Gasteiger partial charge in [0.05, 0.1) is 13.2 Å². The smallest absolute Gasteiger partial charge is 0.315 e. The Labute approximate surface area is 178 Å². The van der Waals surface area contributed by atoms with Crippen molar-refractivity contribution >= 4 is 11.8 Å². The van der Waals surface area contributed by atoms with Crippen LogP contribution in [-0.4, -0.2) is 31.2 Å². The van der Waals surface area contributed by atoms with E-state index in [2.05, 4.69) is 6.92 Å². The molecule has 0 unspecified atom stereocenters. The van der Waals surface area contributed by atoms with E-state index in [4.69, 9.17) is 19.9 Å². The topological polar surface area (TPSA) is 87.9 Å². The quantitative estimate of drug-likeness (QED) is 0.533. The van der Waals surface area contributed by atoms with Gasteiger partial charge in [-0.1, -0.05) is 39.3 Å². The van der Waals surface area contributed by atoms with Crippen molar-refractivity contribution < 1.29 is 23.8 Å². The van der Waals surface area contributed by atoms with Crippen molar-refractivity contribution in [1.82, 2.24) is 0 Å². The summed E-state index contributed by atoms with van der Waals surface area (Å²) < 4.78 is 17.0. The average Bonchev–Trinajstić information content (AvgIpc) is 2.67. The molecule has 6 nitrogen and oxygen atoms in total. The summed E-state index contributed by atoms with van der Waals surface area (Å²) in [5.74, 6) is -0.325. The third kappa shape index (κ3) is 4.69. The fraction of sp³-hybridized carbons (Fsp3) is 0.583. The molecule has 3 atom stereocenters. The van der Waals surface area contributed by atoms with Crippen molar-refractivity contribution in [3.8, 4) is 5.75 Å². The van der Waals surface area contributed by atoms with Crippen LogP contribution in [0.3, 0.4) is 0 Å². The second-order valence-corrected chi connectivity index (χ2v) is 8.89. The molecule has 6 heteroatoms. The van der Waals surface area contributed by atoms with E-state index in [9.17, 15) is 9.59 Å². The van der Waals surface area contributed by atoms with E-state index in [0.717, 1.165) is 24.2 Å². The van der Waals surface area contributed by atoms with E-state index in [1.165, 1.54) is 0 Å². The summed E-state index contributed by atoms with van der Waals surface area (Å²) in [6.45, 7) is 8.85. The van der Waals surface area contributed by atoms with E-state index >= 15 is 0 Å². The normalized spacial score (nSPS) is 25.4. The van der Waals surface area contributed by atoms with Crippen LogP contribution in [0.4, 0.5) is 0 Å². The number of benzene rings is 1. The van der Waals surface area contributed by atoms with Crippen molar-refractivity contribution in [3.05, 3.63) is 41.2 Å². The van der Waals surface area contributed by atoms with Crippen LogP contribution < -0.4 is 10.5 Å². The fourth-order valence-corrected chi connectivity index (χ4v) is 4.33. The summed E-state index contributed by atoms with van der Waals surface area (Å²) in [5, 5.41) is 0. The van der Waals surface area contributed by atoms with Gasteiger partial charge in [-0.25, -0.2) is 0 Å². The Bertz CT molecular complexity index is 811. The zero-order chi connectivity index (χ0) is 21.9. The Morgan fingerprint density at radius 2 is 1.90 bits per heavy atom. The molecule has 0 amide bonds. The van der Waals surface area contributed by atoms with E-state index in [1.54, 1.807) is 6.92 Å². The minimum absolute atomic E-state index is 0.00993. The first-order chi connectivity index (χ1) is 14.3. The maximum absolute atomic E-state index is 13.1. The zero-order valence-corrected chi connectivity index (χ0v) is 18.4. The van der Waals surface area contributed by atoms with E-state index in [-0.39, 0.29) is 17.8 Å². The molecule has 0 fully saturated rings. The molecule has 1 aliphatic carbocycles. The highest BCUT2D eigenvalue weighted by Gasteiger charge is 2.49. The molecule has 3 rings (SSSR count). The van der Waals surface area contributed by atoms with Gasteiger partial charge in [-0.3, -0.25) is 15.3 Å². The number of esters is 1. The van der Waals surface area contributed by atoms with Crippen molar-refractivity contribution in [1.29, 1.82) is 0 Å². The summed E-state index contributed by atoms with van der Waals surface area (Å²) in [6.07, 6.45) is 2.22. The number of hydrogen-bond acceptors (Lipinski definition) is 6. The minimum Gasteiger partial charge on any atom is -0.494 e. The number of hydrogen-bond donors (Lipinski definition) is 1. The molecule has 0 saturated heterocycles. The van der Waals surface area contributed by atoms with Gasteiger partial charge in [0.25, 0.3) is 0 Å². The highest BCUT2D eigenvalue weighted by molar-refractivity contribution is 6.00. The molecule has 1 aliphatic heterocycles. The molecule has 30 heavy (non-hydrogen) atoms. The van der Waals surface area contributed by atoms with Crippen LogP contribution in [0, 0.1) is 11.3 Å². The number of ether oxygens (including phenoxy) is 3. The second-order valence-electron chi connectivity index (χ2n) is 8.89. The molecule has 0 aromatic heterocycles. The van der Waals surface area contributed by atoms with Gasteiger partial charge in [0.2, 0.25) is 0 Å². The lowest BCUT2D eigenvalue weighted by Gasteiger charge is -2.42. The van der Waals surface area contributed by atoms with Crippen LogP contribution in [0.2, 0.25) is 0 Å². The predicted molar refractivity (Wildman–Crippen MR) is 114 cm³/mol. The molecule has 1 aromatic rings. The van der Waals surface area contributed by atoms with Crippen LogP contribution in [0.25, 0.3) is 0 Å². The lowest BCUT2D eigenvalue weighted by molar-refractivity contribution is -0.155. The highest BCUT2D eigenvalue weighted by atomic mass is 16.5. The SMILES string of the molecule is CCCCOc1ccc([C@H]2C3=C(CC(C)(C)CC3=O)O[C@H](N)[C@H]2C(=O)OCC)cc1. The number of nitrogens with two attached hydrogens (primary N) is 1. The molecule has 2 aliphatic rings. The zero-order valence-electron chi connectivity index (χ0n) is 18.4. The highest BCUT2D eigenvalue weighted by Crippen LogP contribution is 2.49. The summed E-state index contributed by atoms with van der Waals surface area (Å²) in [7, 11) is 0. The van der Waals surface area contributed by atoms with Gasteiger partial charge in [-0.05, 0) is 36.5 Å². The molecular formula is C24H33NO5. The Kier molecular flexibility index (Phi) is 6.86. The Morgan fingerprint density at radius 3 is 2.53 bits per heavy atom. The Hall–Kier alpha value is -2.34. The van der Waals surface area contributed by atoms with Crippen LogP contribution in [0.15, 0.2) is 35.6 Å². The van der Waals surface area contributed by atoms with Gasteiger partial charge < -0.3 is 14.2 Å². The number of unbranched alkanes of at least 4 members (excludes halogenated alkanes) is 1. The number of Topliss-reactive ketones (excluding diaryl/α,β-unsaturated/α-hetero) is 1. The maximum atomic E-state index is 13.1. The van der Waals surface area contributed by atoms with Crippen LogP contribution in [-0.2, 0) is 19.1 Å². The molecule has 0 bridgehead atoms. The van der Waals surface area contributed by atoms with Gasteiger partial charge in [0, 0.05) is 24.3 Å². The summed E-state index contributed by atoms with van der Waals surface area (Å²) in [4.78, 5) is 25.9. The number of allylic oxidation sites excluding steroid dienone is 2. The largest absolute Gasteiger partial charge is 0.494 e. The van der Waals surface area contributed by atoms with Crippen molar-refractivity contribution in [2.75, 3.05) is 13.2 Å². The molecule has 0 radical (unpaired) electrons. The minimum atomic E-state index is -0.866. The van der Waals surface area contributed by atoms with Crippen molar-refractivity contribution in [3.63, 3.8) is 0 Å². The lowest BCUT2D eigenvalue weighted by Crippen LogP contribution is -2.48. The monoisotopic (exact) mass is 415 g/mol. The summed E-state index contributed by atoms with van der Waals surface area (Å²) >= 11 is 0. The second kappa shape index (κ2) is 9.21. The first-order valence-corrected chi connectivity index (χ1v) is 10.8. The molecule has 0 spiro atoms. The predicted octanol–water partition coefficient (Wildman–Crippen LogP) is 4.09. The number of carbonyl (C=O) groups is 2. The molecule has 0 saturated carbocycles. The van der Waals surface area contributed by atoms with E-state index < -0.39 is 24.0 Å². The third-order valence-electron chi connectivity index (χ3n) is 5.75. The van der Waals surface area contributed by atoms with Gasteiger partial charge >= 0.3 is 5.97 Å². The van der Waals surface area contributed by atoms with Gasteiger partial charge in [-0.15, -0.1) is 0 Å². The number of carbonyl (C=O) groups excluding carboxylic acids is 2. The first kappa shape index (κ1) is 22.3. The van der Waals surface area contributed by atoms with Crippen LogP contribution >= 0.6 is 0 Å². The van der Waals surface area contributed by atoms with Gasteiger partial charge in [0.1, 0.15) is 17.4 Å². The van der Waals surface area contributed by atoms with Gasteiger partial charge in [-0.2, -0.15) is 0 Å². The standard InChI is InChI=1S/C24H33NO5/c1-5-7-12-29-16-10-8-15(9-11-16)19-20-17(26)13-24(3,4)14-18(20)30-22(25)21(19)23(27)28-6-2/h8-11,19,21-22H,5-7,12-14,25H2,1-4H3/t19-,21-,22-/m0/s1. The molecule has 164 valence electrons. The number of ketones is 1. The van der Waals surface area contributed by atoms with Crippen LogP contribution in [0.1, 0.15) is 64.9 Å². The van der Waals surface area contributed by atoms with Crippen molar-refractivity contribution in [2.45, 2.75) is 65.5 Å². The summed E-state index contributed by atoms with van der Waals surface area (Å²) in [5.41, 5.74) is 7.50. The summed E-state index contributed by atoms with van der Waals surface area (Å²) in [6, 6.07) is 7.58. The fourth-order valence-electron chi connectivity index (χ4n) is 4.33. The Balaban J connectivity index is 2.00. The first-order valence-electron chi connectivity index (χ1n) is 10.8. The number of rotatable bonds is 7. The lowest BCUT2D eigenvalue weighted by atomic mass is 9.68. The molecule has 1 aromatic carbocycles. The molecule has 2 N–H and O–H groups in total. The third-order valence-corrected chi connectivity index (χ3v) is 5.75. The maximum Gasteiger partial charge on any atom is 0.315 e. The average molecular weight is 416 g/mol. The van der Waals surface area contributed by atoms with E-state index in [1.807, 2.05) is 38.1 Å². The van der Waals surface area contributed by atoms with Crippen molar-refractivity contribution in [2.24, 2.45) is 17.1 Å². The Morgan fingerprint density at radius 1 is 1.20 bits per heavy atom. The molecular weight excluding hydrogens is 382 g/mol. The van der Waals surface area contributed by atoms with Gasteiger partial charge in [0.15, 0.2) is 12.0 Å². The molecule has 1 heterocycles. The van der Waals surface area contributed by atoms with Crippen LogP contribution in [0.5, 0.6) is 5.75 Å².